The molecule has 2 bridgehead atoms. The number of hydrogen-bond acceptors (Lipinski definition) is 7. The van der Waals surface area contributed by atoms with Crippen LogP contribution in [-0.4, -0.2) is 30.8 Å². The van der Waals surface area contributed by atoms with Crippen molar-refractivity contribution in [2.75, 3.05) is 5.32 Å². The maximum absolute atomic E-state index is 10.7. The molecule has 0 atom stereocenters. The molecule has 174 valence electrons. The lowest BCUT2D eigenvalue weighted by Gasteiger charge is -2.52. The molecule has 3 saturated carbocycles. The van der Waals surface area contributed by atoms with Crippen LogP contribution in [0.4, 0.5) is 5.95 Å². The highest BCUT2D eigenvalue weighted by molar-refractivity contribution is 6.30. The van der Waals surface area contributed by atoms with Crippen LogP contribution in [0, 0.1) is 6.92 Å². The van der Waals surface area contributed by atoms with Crippen LogP contribution in [0.25, 0.3) is 0 Å². The van der Waals surface area contributed by atoms with Crippen molar-refractivity contribution in [3.05, 3.63) is 64.1 Å². The molecule has 7 nitrogen and oxygen atoms in total. The Morgan fingerprint density at radius 2 is 1.70 bits per heavy atom. The lowest BCUT2D eigenvalue weighted by molar-refractivity contribution is 0.0733. The van der Waals surface area contributed by atoms with Gasteiger partial charge in [0.1, 0.15) is 5.60 Å². The molecule has 6 rings (SSSR count). The Morgan fingerprint density at radius 1 is 1.03 bits per heavy atom. The summed E-state index contributed by atoms with van der Waals surface area (Å²) in [4.78, 5) is 9.55. The highest BCUT2D eigenvalue weighted by Gasteiger charge is 2.52. The van der Waals surface area contributed by atoms with E-state index in [9.17, 15) is 5.11 Å². The summed E-state index contributed by atoms with van der Waals surface area (Å²) in [5, 5.41) is 23.5. The second-order valence-corrected chi connectivity index (χ2v) is 10.7. The summed E-state index contributed by atoms with van der Waals surface area (Å²) in [5.74, 6) is 2.01. The van der Waals surface area contributed by atoms with Gasteiger partial charge in [-0.2, -0.15) is 0 Å². The summed E-state index contributed by atoms with van der Waals surface area (Å²) in [6.07, 6.45) is 6.65. The number of anilines is 1. The Morgan fingerprint density at radius 3 is 2.27 bits per heavy atom. The number of benzene rings is 1. The zero-order valence-corrected chi connectivity index (χ0v) is 20.1. The van der Waals surface area contributed by atoms with Crippen molar-refractivity contribution in [3.8, 4) is 0 Å². The van der Waals surface area contributed by atoms with Crippen molar-refractivity contribution in [1.29, 1.82) is 0 Å². The number of aryl methyl sites for hydroxylation is 1. The molecular weight excluding hydrogens is 438 g/mol. The van der Waals surface area contributed by atoms with Crippen LogP contribution in [0.1, 0.15) is 81.1 Å². The number of aromatic nitrogens is 4. The van der Waals surface area contributed by atoms with Gasteiger partial charge in [0.2, 0.25) is 17.7 Å². The van der Waals surface area contributed by atoms with E-state index in [-0.39, 0.29) is 11.0 Å². The van der Waals surface area contributed by atoms with E-state index in [1.54, 1.807) is 13.8 Å². The lowest BCUT2D eigenvalue weighted by Crippen LogP contribution is -2.53. The zero-order chi connectivity index (χ0) is 23.3. The summed E-state index contributed by atoms with van der Waals surface area (Å²) in [6, 6.07) is 9.66. The van der Waals surface area contributed by atoms with Gasteiger partial charge in [0, 0.05) is 29.3 Å². The number of aliphatic hydroxyl groups is 1. The first-order valence-corrected chi connectivity index (χ1v) is 12.0. The van der Waals surface area contributed by atoms with Gasteiger partial charge in [-0.15, -0.1) is 10.2 Å². The molecule has 8 heteroatoms. The van der Waals surface area contributed by atoms with E-state index in [4.69, 9.17) is 26.0 Å². The molecule has 0 saturated heterocycles. The van der Waals surface area contributed by atoms with E-state index in [1.165, 1.54) is 0 Å². The fourth-order valence-electron chi connectivity index (χ4n) is 5.21. The van der Waals surface area contributed by atoms with Gasteiger partial charge in [0.15, 0.2) is 0 Å². The van der Waals surface area contributed by atoms with Gasteiger partial charge in [-0.05, 0) is 76.1 Å². The summed E-state index contributed by atoms with van der Waals surface area (Å²) in [5.41, 5.74) is 1.48. The summed E-state index contributed by atoms with van der Waals surface area (Å²) in [7, 11) is 0. The second kappa shape index (κ2) is 8.06. The number of halogens is 1. The molecule has 3 aliphatic rings. The molecule has 0 unspecified atom stereocenters. The SMILES string of the molecule is Cc1nnc(C23CCC(Nc4nc(Cc5ccc(Cl)cc5)cc(C(C)(C)O)n4)(CC2)CC3)o1. The smallest absolute Gasteiger partial charge is 0.223 e. The number of nitrogens with one attached hydrogen (secondary N) is 1. The van der Waals surface area contributed by atoms with E-state index < -0.39 is 5.60 Å². The van der Waals surface area contributed by atoms with Gasteiger partial charge in [0.05, 0.1) is 11.4 Å². The molecule has 1 aromatic carbocycles. The van der Waals surface area contributed by atoms with E-state index in [0.29, 0.717) is 29.0 Å². The number of rotatable bonds is 6. The van der Waals surface area contributed by atoms with Crippen LogP contribution < -0.4 is 5.32 Å². The van der Waals surface area contributed by atoms with Crippen molar-refractivity contribution in [1.82, 2.24) is 20.2 Å². The lowest BCUT2D eigenvalue weighted by atomic mass is 9.57. The van der Waals surface area contributed by atoms with Crippen molar-refractivity contribution < 1.29 is 9.52 Å². The average Bonchev–Trinajstić information content (AvgIpc) is 3.23. The molecule has 33 heavy (non-hydrogen) atoms. The zero-order valence-electron chi connectivity index (χ0n) is 19.4. The molecule has 0 amide bonds. The maximum Gasteiger partial charge on any atom is 0.223 e. The summed E-state index contributed by atoms with van der Waals surface area (Å²) < 4.78 is 5.82. The third kappa shape index (κ3) is 4.49. The Labute approximate surface area is 199 Å². The third-order valence-corrected chi connectivity index (χ3v) is 7.56. The van der Waals surface area contributed by atoms with E-state index >= 15 is 0 Å². The molecule has 0 spiro atoms. The fourth-order valence-corrected chi connectivity index (χ4v) is 5.34. The highest BCUT2D eigenvalue weighted by Crippen LogP contribution is 2.54. The van der Waals surface area contributed by atoms with Crippen molar-refractivity contribution >= 4 is 17.5 Å². The third-order valence-electron chi connectivity index (χ3n) is 7.31. The van der Waals surface area contributed by atoms with Crippen LogP contribution in [0.15, 0.2) is 34.7 Å². The van der Waals surface area contributed by atoms with Crippen LogP contribution in [0.2, 0.25) is 5.02 Å². The van der Waals surface area contributed by atoms with Crippen molar-refractivity contribution in [2.24, 2.45) is 0 Å². The minimum absolute atomic E-state index is 0.000227. The number of hydrogen-bond donors (Lipinski definition) is 2. The van der Waals surface area contributed by atoms with Crippen molar-refractivity contribution in [3.63, 3.8) is 0 Å². The normalized spacial score (nSPS) is 24.8. The fraction of sp³-hybridized carbons (Fsp3) is 0.520. The van der Waals surface area contributed by atoms with E-state index in [2.05, 4.69) is 15.5 Å². The highest BCUT2D eigenvalue weighted by atomic mass is 35.5. The van der Waals surface area contributed by atoms with Gasteiger partial charge in [-0.1, -0.05) is 23.7 Å². The summed E-state index contributed by atoms with van der Waals surface area (Å²) in [6.45, 7) is 5.36. The van der Waals surface area contributed by atoms with Crippen LogP contribution in [0.3, 0.4) is 0 Å². The van der Waals surface area contributed by atoms with Gasteiger partial charge < -0.3 is 14.8 Å². The Hall–Kier alpha value is -2.51. The first-order valence-electron chi connectivity index (χ1n) is 11.6. The van der Waals surface area contributed by atoms with E-state index in [0.717, 1.165) is 55.7 Å². The van der Waals surface area contributed by atoms with Gasteiger partial charge >= 0.3 is 0 Å². The molecule has 0 aliphatic heterocycles. The average molecular weight is 468 g/mol. The molecule has 3 aromatic rings. The van der Waals surface area contributed by atoms with Crippen molar-refractivity contribution in [2.45, 2.75) is 82.3 Å². The van der Waals surface area contributed by atoms with Gasteiger partial charge in [0.25, 0.3) is 0 Å². The monoisotopic (exact) mass is 467 g/mol. The molecule has 0 radical (unpaired) electrons. The summed E-state index contributed by atoms with van der Waals surface area (Å²) >= 11 is 6.04. The quantitative estimate of drug-likeness (QED) is 0.520. The molecule has 3 fully saturated rings. The molecule has 3 aliphatic carbocycles. The van der Waals surface area contributed by atoms with Gasteiger partial charge in [-0.25, -0.2) is 9.97 Å². The molecule has 2 heterocycles. The molecule has 2 aromatic heterocycles. The molecular formula is C25H30ClN5O2. The largest absolute Gasteiger partial charge is 0.425 e. The minimum Gasteiger partial charge on any atom is -0.425 e. The number of fused-ring (bicyclic) bond motifs is 3. The topological polar surface area (TPSA) is 97.0 Å². The van der Waals surface area contributed by atoms with Crippen LogP contribution >= 0.6 is 11.6 Å². The Bertz CT molecular complexity index is 1130. The molecule has 2 N–H and O–H groups in total. The van der Waals surface area contributed by atoms with Crippen LogP contribution in [-0.2, 0) is 17.4 Å². The first kappa shape index (κ1) is 22.3. The predicted octanol–water partition coefficient (Wildman–Crippen LogP) is 5.10. The standard InChI is InChI=1S/C25H30ClN5O2/c1-16-30-31-21(33-16)24-8-11-25(12-9-24,13-10-24)29-22-27-19(15-20(28-22)23(2,3)32)14-17-4-6-18(26)7-5-17/h4-7,15,32H,8-14H2,1-3H3,(H,27,28,29). The Kier molecular flexibility index (Phi) is 5.45. The Balaban J connectivity index is 1.38. The predicted molar refractivity (Wildman–Crippen MR) is 126 cm³/mol. The van der Waals surface area contributed by atoms with E-state index in [1.807, 2.05) is 37.3 Å². The van der Waals surface area contributed by atoms with Gasteiger partial charge in [-0.3, -0.25) is 0 Å². The second-order valence-electron chi connectivity index (χ2n) is 10.2. The maximum atomic E-state index is 10.7. The number of nitrogens with zero attached hydrogens (tertiary/aromatic N) is 4. The first-order chi connectivity index (χ1) is 15.6. The minimum atomic E-state index is -1.06. The van der Waals surface area contributed by atoms with Crippen LogP contribution in [0.5, 0.6) is 0 Å².